The predicted molar refractivity (Wildman–Crippen MR) is 115 cm³/mol. The first-order valence-electron chi connectivity index (χ1n) is 11.1. The van der Waals surface area contributed by atoms with Crippen molar-refractivity contribution in [3.05, 3.63) is 88.5 Å². The van der Waals surface area contributed by atoms with Gasteiger partial charge < -0.3 is 9.47 Å². The molecule has 1 fully saturated rings. The molecule has 3 aromatic rings. The third-order valence-corrected chi connectivity index (χ3v) is 6.04. The van der Waals surface area contributed by atoms with Crippen molar-refractivity contribution in [2.75, 3.05) is 6.61 Å². The summed E-state index contributed by atoms with van der Waals surface area (Å²) in [6.07, 6.45) is -8.50. The van der Waals surface area contributed by atoms with E-state index in [2.05, 4.69) is 11.7 Å². The predicted octanol–water partition coefficient (Wildman–Crippen LogP) is 8.54. The highest BCUT2D eigenvalue weighted by Crippen LogP contribution is 2.40. The first kappa shape index (κ1) is 26.8. The Labute approximate surface area is 205 Å². The van der Waals surface area contributed by atoms with E-state index in [9.17, 15) is 39.5 Å². The van der Waals surface area contributed by atoms with Gasteiger partial charge in [-0.3, -0.25) is 0 Å². The Balaban J connectivity index is 1.58. The van der Waals surface area contributed by atoms with E-state index in [1.807, 2.05) is 0 Å². The molecule has 1 saturated heterocycles. The molecule has 2 unspecified atom stereocenters. The minimum absolute atomic E-state index is 0.124. The summed E-state index contributed by atoms with van der Waals surface area (Å²) in [4.78, 5) is 0. The second-order valence-electron chi connectivity index (χ2n) is 8.79. The van der Waals surface area contributed by atoms with Crippen molar-refractivity contribution in [3.63, 3.8) is 0 Å². The highest BCUT2D eigenvalue weighted by atomic mass is 19.4. The van der Waals surface area contributed by atoms with Gasteiger partial charge in [-0.1, -0.05) is 37.3 Å². The molecule has 2 nitrogen and oxygen atoms in total. The smallest absolute Gasteiger partial charge is 0.429 e. The van der Waals surface area contributed by atoms with Crippen LogP contribution in [0.4, 0.5) is 39.5 Å². The monoisotopic (exact) mass is 534 g/mol. The molecule has 0 radical (unpaired) electrons. The van der Waals surface area contributed by atoms with Crippen molar-refractivity contribution >= 4 is 0 Å². The molecule has 11 heteroatoms. The van der Waals surface area contributed by atoms with Crippen LogP contribution in [0.25, 0.3) is 11.1 Å². The van der Waals surface area contributed by atoms with Gasteiger partial charge in [0.1, 0.15) is 28.5 Å². The van der Waals surface area contributed by atoms with Crippen LogP contribution < -0.4 is 4.74 Å². The average molecular weight is 534 g/mol. The number of hydrogen-bond donors (Lipinski definition) is 0. The van der Waals surface area contributed by atoms with Crippen LogP contribution in [0.15, 0.2) is 48.5 Å². The molecule has 0 aromatic heterocycles. The van der Waals surface area contributed by atoms with Gasteiger partial charge in [0, 0.05) is 24.3 Å². The quantitative estimate of drug-likeness (QED) is 0.306. The van der Waals surface area contributed by atoms with Gasteiger partial charge in [-0.2, -0.15) is 22.0 Å². The van der Waals surface area contributed by atoms with Crippen molar-refractivity contribution in [1.29, 1.82) is 0 Å². The lowest BCUT2D eigenvalue weighted by molar-refractivity contribution is -0.188. The maximum Gasteiger partial charge on any atom is 0.429 e. The van der Waals surface area contributed by atoms with E-state index in [-0.39, 0.29) is 29.4 Å². The third-order valence-electron chi connectivity index (χ3n) is 6.04. The zero-order valence-corrected chi connectivity index (χ0v) is 19.1. The van der Waals surface area contributed by atoms with Gasteiger partial charge in [-0.05, 0) is 36.0 Å². The molecule has 0 saturated carbocycles. The van der Waals surface area contributed by atoms with E-state index >= 15 is 0 Å². The van der Waals surface area contributed by atoms with Gasteiger partial charge in [-0.25, -0.2) is 17.6 Å². The molecule has 4 rings (SSSR count). The van der Waals surface area contributed by atoms with Crippen LogP contribution in [-0.4, -0.2) is 6.61 Å². The number of ether oxygens (including phenoxy) is 2. The fourth-order valence-corrected chi connectivity index (χ4v) is 4.10. The Hall–Kier alpha value is -3.21. The Morgan fingerprint density at radius 2 is 1.43 bits per heavy atom. The summed E-state index contributed by atoms with van der Waals surface area (Å²) in [6, 6.07) is 7.42. The van der Waals surface area contributed by atoms with E-state index in [4.69, 9.17) is 4.74 Å². The minimum atomic E-state index is -5.43. The SMILES string of the molecule is CC1CCC(c2ccc(-c3ccc(C(F)(F)Oc4cc(F)c(C(F)(F)F)c(F)c4)c(F)c3F)cc2)OC1. The molecule has 3 aromatic carbocycles. The molecule has 0 aliphatic carbocycles. The Kier molecular flexibility index (Phi) is 7.20. The third kappa shape index (κ3) is 5.56. The van der Waals surface area contributed by atoms with Crippen LogP contribution in [0.3, 0.4) is 0 Å². The van der Waals surface area contributed by atoms with Crippen LogP contribution in [0.2, 0.25) is 0 Å². The zero-order valence-electron chi connectivity index (χ0n) is 19.1. The van der Waals surface area contributed by atoms with Gasteiger partial charge in [-0.15, -0.1) is 0 Å². The first-order chi connectivity index (χ1) is 17.3. The number of rotatable bonds is 5. The maximum atomic E-state index is 14.8. The summed E-state index contributed by atoms with van der Waals surface area (Å²) in [6.45, 7) is 2.66. The van der Waals surface area contributed by atoms with E-state index in [1.165, 1.54) is 12.1 Å². The lowest BCUT2D eigenvalue weighted by atomic mass is 9.94. The van der Waals surface area contributed by atoms with Crippen molar-refractivity contribution in [1.82, 2.24) is 0 Å². The lowest BCUT2D eigenvalue weighted by Crippen LogP contribution is -2.24. The standard InChI is InChI=1S/C26H19F9O2/c1-13-2-9-21(36-12-13)15-5-3-14(4-6-15)17-7-8-18(24(30)23(17)29)26(34,35)37-16-10-19(27)22(20(28)11-16)25(31,32)33/h3-8,10-11,13,21H,2,9,12H2,1H3. The van der Waals surface area contributed by atoms with Crippen molar-refractivity contribution in [2.24, 2.45) is 5.92 Å². The van der Waals surface area contributed by atoms with Crippen LogP contribution in [0.1, 0.15) is 42.6 Å². The summed E-state index contributed by atoms with van der Waals surface area (Å²) in [5, 5.41) is 0. The van der Waals surface area contributed by atoms with E-state index < -0.39 is 52.4 Å². The fourth-order valence-electron chi connectivity index (χ4n) is 4.10. The topological polar surface area (TPSA) is 18.5 Å². The van der Waals surface area contributed by atoms with Gasteiger partial charge in [0.05, 0.1) is 6.10 Å². The van der Waals surface area contributed by atoms with E-state index in [0.29, 0.717) is 18.6 Å². The molecule has 2 atom stereocenters. The van der Waals surface area contributed by atoms with Crippen LogP contribution in [0.5, 0.6) is 5.75 Å². The average Bonchev–Trinajstić information content (AvgIpc) is 2.79. The van der Waals surface area contributed by atoms with Crippen LogP contribution in [-0.2, 0) is 17.0 Å². The maximum absolute atomic E-state index is 14.8. The molecular weight excluding hydrogens is 515 g/mol. The number of benzene rings is 3. The van der Waals surface area contributed by atoms with E-state index in [0.717, 1.165) is 24.5 Å². The molecule has 37 heavy (non-hydrogen) atoms. The molecular formula is C26H19F9O2. The largest absolute Gasteiger partial charge is 0.429 e. The minimum Gasteiger partial charge on any atom is -0.429 e. The van der Waals surface area contributed by atoms with Crippen molar-refractivity contribution < 1.29 is 49.0 Å². The summed E-state index contributed by atoms with van der Waals surface area (Å²) in [7, 11) is 0. The Morgan fingerprint density at radius 1 is 0.811 bits per heavy atom. The summed E-state index contributed by atoms with van der Waals surface area (Å²) >= 11 is 0. The van der Waals surface area contributed by atoms with Gasteiger partial charge in [0.25, 0.3) is 0 Å². The molecule has 0 N–H and O–H groups in total. The molecule has 198 valence electrons. The molecule has 0 bridgehead atoms. The molecule has 1 aliphatic rings. The van der Waals surface area contributed by atoms with Gasteiger partial charge >= 0.3 is 12.3 Å². The van der Waals surface area contributed by atoms with Gasteiger partial charge in [0.2, 0.25) is 0 Å². The number of hydrogen-bond acceptors (Lipinski definition) is 2. The Morgan fingerprint density at radius 3 is 1.97 bits per heavy atom. The normalized spacial score (nSPS) is 18.6. The molecule has 0 spiro atoms. The van der Waals surface area contributed by atoms with Crippen molar-refractivity contribution in [2.45, 2.75) is 38.2 Å². The first-order valence-corrected chi connectivity index (χ1v) is 11.1. The highest BCUT2D eigenvalue weighted by molar-refractivity contribution is 5.65. The van der Waals surface area contributed by atoms with Gasteiger partial charge in [0.15, 0.2) is 11.6 Å². The molecule has 1 heterocycles. The summed E-state index contributed by atoms with van der Waals surface area (Å²) in [5.41, 5.74) is -3.25. The molecule has 0 amide bonds. The summed E-state index contributed by atoms with van der Waals surface area (Å²) in [5.74, 6) is -8.98. The van der Waals surface area contributed by atoms with Crippen molar-refractivity contribution in [3.8, 4) is 16.9 Å². The summed E-state index contributed by atoms with van der Waals surface area (Å²) < 4.78 is 134. The van der Waals surface area contributed by atoms with E-state index in [1.54, 1.807) is 12.1 Å². The fraction of sp³-hybridized carbons (Fsp3) is 0.308. The lowest BCUT2D eigenvalue weighted by Gasteiger charge is -2.27. The highest BCUT2D eigenvalue weighted by Gasteiger charge is 2.42. The second kappa shape index (κ2) is 9.92. The Bertz CT molecular complexity index is 1260. The zero-order chi connectivity index (χ0) is 27.1. The van der Waals surface area contributed by atoms with Crippen LogP contribution in [0, 0.1) is 29.2 Å². The number of halogens is 9. The molecule has 1 aliphatic heterocycles. The second-order valence-corrected chi connectivity index (χ2v) is 8.79. The van der Waals surface area contributed by atoms with Crippen LogP contribution >= 0.6 is 0 Å². The number of alkyl halides is 5.